The first kappa shape index (κ1) is 14.5. The van der Waals surface area contributed by atoms with Crippen molar-refractivity contribution in [1.29, 1.82) is 0 Å². The van der Waals surface area contributed by atoms with E-state index in [-0.39, 0.29) is 0 Å². The van der Waals surface area contributed by atoms with Crippen LogP contribution in [0.5, 0.6) is 5.75 Å². The molecule has 1 N–H and O–H groups in total. The van der Waals surface area contributed by atoms with Gasteiger partial charge >= 0.3 is 0 Å². The molecular weight excluding hydrogens is 256 g/mol. The predicted octanol–water partition coefficient (Wildman–Crippen LogP) is 2.52. The standard InChI is InChI=1S/C12H16O5S/c1-4-16-10(3)17-12-7-5-11(6-8-12)9(2)18(13,14)15/h4-10H,1H2,2-3H3,(H,13,14,15). The monoisotopic (exact) mass is 272 g/mol. The van der Waals surface area contributed by atoms with E-state index in [0.717, 1.165) is 0 Å². The first-order chi connectivity index (χ1) is 8.34. The largest absolute Gasteiger partial charge is 0.463 e. The average Bonchev–Trinajstić information content (AvgIpc) is 2.28. The van der Waals surface area contributed by atoms with Gasteiger partial charge in [0, 0.05) is 6.92 Å². The molecule has 0 aromatic heterocycles. The Morgan fingerprint density at radius 3 is 2.28 bits per heavy atom. The van der Waals surface area contributed by atoms with Gasteiger partial charge in [-0.1, -0.05) is 18.7 Å². The molecule has 0 spiro atoms. The summed E-state index contributed by atoms with van der Waals surface area (Å²) >= 11 is 0. The third kappa shape index (κ3) is 4.05. The van der Waals surface area contributed by atoms with Crippen molar-refractivity contribution in [3.63, 3.8) is 0 Å². The van der Waals surface area contributed by atoms with Gasteiger partial charge in [0.25, 0.3) is 10.1 Å². The predicted molar refractivity (Wildman–Crippen MR) is 67.8 cm³/mol. The summed E-state index contributed by atoms with van der Waals surface area (Å²) in [6, 6.07) is 6.38. The molecule has 0 saturated carbocycles. The summed E-state index contributed by atoms with van der Waals surface area (Å²) in [5.41, 5.74) is 0.488. The van der Waals surface area contributed by atoms with Gasteiger partial charge in [-0.25, -0.2) is 0 Å². The summed E-state index contributed by atoms with van der Waals surface area (Å²) in [4.78, 5) is 0. The summed E-state index contributed by atoms with van der Waals surface area (Å²) in [6.07, 6.45) is 0.798. The van der Waals surface area contributed by atoms with Crippen molar-refractivity contribution < 1.29 is 22.4 Å². The summed E-state index contributed by atoms with van der Waals surface area (Å²) in [5, 5.41) is -0.964. The Morgan fingerprint density at radius 2 is 1.83 bits per heavy atom. The first-order valence-electron chi connectivity index (χ1n) is 5.34. The highest BCUT2D eigenvalue weighted by Crippen LogP contribution is 2.23. The van der Waals surface area contributed by atoms with Gasteiger partial charge in [-0.05, 0) is 24.6 Å². The van der Waals surface area contributed by atoms with Gasteiger partial charge < -0.3 is 9.47 Å². The molecule has 1 aromatic rings. The van der Waals surface area contributed by atoms with Crippen molar-refractivity contribution >= 4 is 10.1 Å². The van der Waals surface area contributed by atoms with Crippen molar-refractivity contribution in [2.24, 2.45) is 0 Å². The van der Waals surface area contributed by atoms with Crippen LogP contribution in [-0.4, -0.2) is 19.3 Å². The minimum absolute atomic E-state index is 0.479. The maximum atomic E-state index is 11.0. The van der Waals surface area contributed by atoms with E-state index in [4.69, 9.17) is 14.0 Å². The van der Waals surface area contributed by atoms with E-state index in [1.54, 1.807) is 31.2 Å². The zero-order valence-electron chi connectivity index (χ0n) is 10.2. The topological polar surface area (TPSA) is 72.8 Å². The van der Waals surface area contributed by atoms with Crippen LogP contribution in [0.3, 0.4) is 0 Å². The molecule has 0 radical (unpaired) electrons. The highest BCUT2D eigenvalue weighted by Gasteiger charge is 2.19. The number of hydrogen-bond donors (Lipinski definition) is 1. The van der Waals surface area contributed by atoms with Crippen molar-refractivity contribution in [1.82, 2.24) is 0 Å². The number of ether oxygens (including phenoxy) is 2. The fraction of sp³-hybridized carbons (Fsp3) is 0.333. The molecule has 0 bridgehead atoms. The van der Waals surface area contributed by atoms with Crippen LogP contribution in [0.2, 0.25) is 0 Å². The van der Waals surface area contributed by atoms with E-state index >= 15 is 0 Å². The lowest BCUT2D eigenvalue weighted by Crippen LogP contribution is -2.13. The van der Waals surface area contributed by atoms with Gasteiger partial charge in [0.1, 0.15) is 11.0 Å². The Kier molecular flexibility index (Phi) is 4.75. The molecule has 6 heteroatoms. The Hall–Kier alpha value is -1.53. The molecule has 1 rings (SSSR count). The summed E-state index contributed by atoms with van der Waals surface area (Å²) in [6.45, 7) is 6.53. The molecule has 0 fully saturated rings. The molecule has 0 aliphatic heterocycles. The SMILES string of the molecule is C=COC(C)Oc1ccc(C(C)S(=O)(=O)O)cc1. The highest BCUT2D eigenvalue weighted by molar-refractivity contribution is 7.86. The highest BCUT2D eigenvalue weighted by atomic mass is 32.2. The van der Waals surface area contributed by atoms with Gasteiger partial charge in [-0.3, -0.25) is 4.55 Å². The molecular formula is C12H16O5S. The number of rotatable bonds is 6. The van der Waals surface area contributed by atoms with E-state index < -0.39 is 21.7 Å². The lowest BCUT2D eigenvalue weighted by atomic mass is 10.1. The van der Waals surface area contributed by atoms with E-state index in [0.29, 0.717) is 11.3 Å². The zero-order chi connectivity index (χ0) is 13.8. The summed E-state index contributed by atoms with van der Waals surface area (Å²) in [7, 11) is -4.08. The summed E-state index contributed by atoms with van der Waals surface area (Å²) in [5.74, 6) is 0.538. The molecule has 0 aliphatic carbocycles. The van der Waals surface area contributed by atoms with Gasteiger partial charge in [-0.15, -0.1) is 0 Å². The molecule has 1 aromatic carbocycles. The molecule has 0 saturated heterocycles. The van der Waals surface area contributed by atoms with Crippen LogP contribution in [0.1, 0.15) is 24.7 Å². The van der Waals surface area contributed by atoms with Crippen LogP contribution in [0.25, 0.3) is 0 Å². The van der Waals surface area contributed by atoms with Gasteiger partial charge in [0.2, 0.25) is 6.29 Å². The maximum absolute atomic E-state index is 11.0. The Labute approximate surface area is 107 Å². The van der Waals surface area contributed by atoms with E-state index in [1.807, 2.05) is 0 Å². The maximum Gasteiger partial charge on any atom is 0.271 e. The van der Waals surface area contributed by atoms with Crippen molar-refractivity contribution in [3.8, 4) is 5.75 Å². The molecule has 2 atom stereocenters. The smallest absolute Gasteiger partial charge is 0.271 e. The number of hydrogen-bond acceptors (Lipinski definition) is 4. The van der Waals surface area contributed by atoms with Gasteiger partial charge in [0.15, 0.2) is 0 Å². The fourth-order valence-electron chi connectivity index (χ4n) is 1.34. The van der Waals surface area contributed by atoms with E-state index in [9.17, 15) is 8.42 Å². The van der Waals surface area contributed by atoms with E-state index in [2.05, 4.69) is 6.58 Å². The Morgan fingerprint density at radius 1 is 1.28 bits per heavy atom. The third-order valence-electron chi connectivity index (χ3n) is 2.39. The van der Waals surface area contributed by atoms with Crippen LogP contribution < -0.4 is 4.74 Å². The second-order valence-electron chi connectivity index (χ2n) is 3.71. The molecule has 0 amide bonds. The molecule has 5 nitrogen and oxygen atoms in total. The Bertz CT molecular complexity index is 492. The molecule has 18 heavy (non-hydrogen) atoms. The Balaban J connectivity index is 2.77. The van der Waals surface area contributed by atoms with Crippen LogP contribution in [-0.2, 0) is 14.9 Å². The van der Waals surface area contributed by atoms with Gasteiger partial charge in [-0.2, -0.15) is 8.42 Å². The molecule has 0 heterocycles. The minimum atomic E-state index is -4.08. The van der Waals surface area contributed by atoms with Crippen LogP contribution in [0.15, 0.2) is 37.1 Å². The van der Waals surface area contributed by atoms with Crippen LogP contribution in [0.4, 0.5) is 0 Å². The van der Waals surface area contributed by atoms with Crippen molar-refractivity contribution in [2.75, 3.05) is 0 Å². The second-order valence-corrected chi connectivity index (χ2v) is 5.45. The zero-order valence-corrected chi connectivity index (χ0v) is 11.1. The first-order valence-corrected chi connectivity index (χ1v) is 6.84. The quantitative estimate of drug-likeness (QED) is 0.489. The van der Waals surface area contributed by atoms with Crippen LogP contribution >= 0.6 is 0 Å². The second kappa shape index (κ2) is 5.88. The number of benzene rings is 1. The minimum Gasteiger partial charge on any atom is -0.463 e. The van der Waals surface area contributed by atoms with Crippen molar-refractivity contribution in [3.05, 3.63) is 42.7 Å². The average molecular weight is 272 g/mol. The molecule has 2 unspecified atom stereocenters. The third-order valence-corrected chi connectivity index (χ3v) is 3.55. The lowest BCUT2D eigenvalue weighted by Gasteiger charge is -2.14. The van der Waals surface area contributed by atoms with Crippen molar-refractivity contribution in [2.45, 2.75) is 25.4 Å². The van der Waals surface area contributed by atoms with E-state index in [1.165, 1.54) is 13.2 Å². The normalized spacial score (nSPS) is 14.6. The molecule has 0 aliphatic rings. The van der Waals surface area contributed by atoms with Gasteiger partial charge in [0.05, 0.1) is 6.26 Å². The summed E-state index contributed by atoms with van der Waals surface area (Å²) < 4.78 is 41.2. The van der Waals surface area contributed by atoms with Crippen LogP contribution in [0, 0.1) is 0 Å². The molecule has 100 valence electrons. The lowest BCUT2D eigenvalue weighted by molar-refractivity contribution is -0.0132. The fourth-order valence-corrected chi connectivity index (χ4v) is 1.85.